The van der Waals surface area contributed by atoms with E-state index in [2.05, 4.69) is 0 Å². The molecule has 82 valence electrons. The van der Waals surface area contributed by atoms with Crippen LogP contribution >= 0.6 is 0 Å². The van der Waals surface area contributed by atoms with Crippen molar-refractivity contribution in [3.05, 3.63) is 41.5 Å². The van der Waals surface area contributed by atoms with Gasteiger partial charge in [0.2, 0.25) is 0 Å². The standard InChI is InChI=1S/C11H6F3NO/c12-11(13,14)10(16)6-5-8-3-1-2-4-9(8)7-15/h1-6H/b6-5+. The zero-order valence-corrected chi connectivity index (χ0v) is 7.95. The van der Waals surface area contributed by atoms with Gasteiger partial charge >= 0.3 is 6.18 Å². The van der Waals surface area contributed by atoms with Gasteiger partial charge in [0.25, 0.3) is 5.78 Å². The summed E-state index contributed by atoms with van der Waals surface area (Å²) < 4.78 is 35.6. The molecule has 0 saturated carbocycles. The first-order chi connectivity index (χ1) is 7.45. The molecule has 0 atom stereocenters. The lowest BCUT2D eigenvalue weighted by Gasteiger charge is -2.00. The maximum absolute atomic E-state index is 11.9. The zero-order chi connectivity index (χ0) is 12.2. The average Bonchev–Trinajstić information content (AvgIpc) is 2.24. The summed E-state index contributed by atoms with van der Waals surface area (Å²) >= 11 is 0. The minimum absolute atomic E-state index is 0.216. The summed E-state index contributed by atoms with van der Waals surface area (Å²) in [5, 5.41) is 8.65. The summed E-state index contributed by atoms with van der Waals surface area (Å²) in [5.74, 6) is -1.94. The quantitative estimate of drug-likeness (QED) is 0.726. The molecule has 1 aromatic rings. The van der Waals surface area contributed by atoms with E-state index >= 15 is 0 Å². The highest BCUT2D eigenvalue weighted by atomic mass is 19.4. The minimum Gasteiger partial charge on any atom is -0.285 e. The van der Waals surface area contributed by atoms with Gasteiger partial charge in [-0.15, -0.1) is 0 Å². The molecule has 0 aromatic heterocycles. The van der Waals surface area contributed by atoms with Crippen LogP contribution in [0.3, 0.4) is 0 Å². The minimum atomic E-state index is -4.88. The molecule has 0 radical (unpaired) electrons. The molecule has 0 N–H and O–H groups in total. The molecule has 1 rings (SSSR count). The fraction of sp³-hybridized carbons (Fsp3) is 0.0909. The molecule has 0 bridgehead atoms. The molecule has 2 nitrogen and oxygen atoms in total. The van der Waals surface area contributed by atoms with Crippen LogP contribution in [0.4, 0.5) is 13.2 Å². The zero-order valence-electron chi connectivity index (χ0n) is 7.95. The van der Waals surface area contributed by atoms with E-state index in [0.717, 1.165) is 6.08 Å². The Hall–Kier alpha value is -2.09. The predicted octanol–water partition coefficient (Wildman–Crippen LogP) is 2.70. The lowest BCUT2D eigenvalue weighted by Crippen LogP contribution is -2.19. The third-order valence-corrected chi connectivity index (χ3v) is 1.77. The lowest BCUT2D eigenvalue weighted by atomic mass is 10.1. The van der Waals surface area contributed by atoms with Crippen molar-refractivity contribution in [2.24, 2.45) is 0 Å². The number of carbonyl (C=O) groups excluding carboxylic acids is 1. The van der Waals surface area contributed by atoms with Crippen molar-refractivity contribution < 1.29 is 18.0 Å². The third-order valence-electron chi connectivity index (χ3n) is 1.77. The van der Waals surface area contributed by atoms with Gasteiger partial charge in [0.05, 0.1) is 11.6 Å². The lowest BCUT2D eigenvalue weighted by molar-refractivity contribution is -0.165. The van der Waals surface area contributed by atoms with Gasteiger partial charge in [0.15, 0.2) is 0 Å². The summed E-state index contributed by atoms with van der Waals surface area (Å²) in [4.78, 5) is 10.5. The maximum Gasteiger partial charge on any atom is 0.454 e. The van der Waals surface area contributed by atoms with E-state index in [0.29, 0.717) is 6.08 Å². The van der Waals surface area contributed by atoms with Crippen LogP contribution in [0.25, 0.3) is 6.08 Å². The number of halogens is 3. The Labute approximate surface area is 89.6 Å². The first kappa shape index (κ1) is 12.0. The molecule has 5 heteroatoms. The van der Waals surface area contributed by atoms with E-state index in [4.69, 9.17) is 5.26 Å². The second-order valence-corrected chi connectivity index (χ2v) is 2.89. The number of hydrogen-bond acceptors (Lipinski definition) is 2. The second kappa shape index (κ2) is 4.62. The second-order valence-electron chi connectivity index (χ2n) is 2.89. The predicted molar refractivity (Wildman–Crippen MR) is 51.3 cm³/mol. The number of nitrogens with zero attached hydrogens (tertiary/aromatic N) is 1. The van der Waals surface area contributed by atoms with Crippen molar-refractivity contribution in [2.75, 3.05) is 0 Å². The maximum atomic E-state index is 11.9. The van der Waals surface area contributed by atoms with Crippen molar-refractivity contribution in [3.63, 3.8) is 0 Å². The molecule has 0 aliphatic heterocycles. The van der Waals surface area contributed by atoms with Gasteiger partial charge in [-0.25, -0.2) is 0 Å². The molecule has 0 fully saturated rings. The fourth-order valence-electron chi connectivity index (χ4n) is 1.00. The first-order valence-electron chi connectivity index (χ1n) is 4.23. The highest BCUT2D eigenvalue weighted by Gasteiger charge is 2.35. The molecule has 0 aliphatic carbocycles. The summed E-state index contributed by atoms with van der Waals surface area (Å²) in [5.41, 5.74) is 0.497. The Bertz CT molecular complexity index is 469. The molecule has 0 amide bonds. The largest absolute Gasteiger partial charge is 0.454 e. The highest BCUT2D eigenvalue weighted by Crippen LogP contribution is 2.18. The van der Waals surface area contributed by atoms with Crippen LogP contribution in [0, 0.1) is 11.3 Å². The topological polar surface area (TPSA) is 40.9 Å². The van der Waals surface area contributed by atoms with Crippen LogP contribution in [-0.4, -0.2) is 12.0 Å². The van der Waals surface area contributed by atoms with E-state index in [1.54, 1.807) is 12.1 Å². The van der Waals surface area contributed by atoms with Crippen LogP contribution in [0.2, 0.25) is 0 Å². The normalized spacial score (nSPS) is 11.4. The summed E-state index contributed by atoms with van der Waals surface area (Å²) in [6, 6.07) is 7.88. The number of nitriles is 1. The van der Waals surface area contributed by atoms with Gasteiger partial charge in [-0.05, 0) is 23.8 Å². The molecular weight excluding hydrogens is 219 g/mol. The SMILES string of the molecule is N#Cc1ccccc1/C=C/C(=O)C(F)(F)F. The Morgan fingerprint density at radius 3 is 2.50 bits per heavy atom. The van der Waals surface area contributed by atoms with Gasteiger partial charge in [-0.1, -0.05) is 18.2 Å². The number of alkyl halides is 3. The van der Waals surface area contributed by atoms with E-state index in [9.17, 15) is 18.0 Å². The van der Waals surface area contributed by atoms with Crippen LogP contribution < -0.4 is 0 Å². The van der Waals surface area contributed by atoms with Crippen molar-refractivity contribution in [2.45, 2.75) is 6.18 Å². The van der Waals surface area contributed by atoms with Crippen LogP contribution in [0.1, 0.15) is 11.1 Å². The van der Waals surface area contributed by atoms with E-state index in [1.165, 1.54) is 12.1 Å². The van der Waals surface area contributed by atoms with Crippen molar-refractivity contribution >= 4 is 11.9 Å². The number of rotatable bonds is 2. The number of ketones is 1. The Morgan fingerprint density at radius 2 is 1.94 bits per heavy atom. The van der Waals surface area contributed by atoms with E-state index < -0.39 is 12.0 Å². The first-order valence-corrected chi connectivity index (χ1v) is 4.23. The third kappa shape index (κ3) is 2.95. The fourth-order valence-corrected chi connectivity index (χ4v) is 1.00. The number of carbonyl (C=O) groups is 1. The smallest absolute Gasteiger partial charge is 0.285 e. The van der Waals surface area contributed by atoms with E-state index in [1.807, 2.05) is 6.07 Å². The average molecular weight is 225 g/mol. The monoisotopic (exact) mass is 225 g/mol. The molecule has 16 heavy (non-hydrogen) atoms. The van der Waals surface area contributed by atoms with E-state index in [-0.39, 0.29) is 11.1 Å². The van der Waals surface area contributed by atoms with Gasteiger partial charge < -0.3 is 0 Å². The van der Waals surface area contributed by atoms with Gasteiger partial charge in [-0.2, -0.15) is 18.4 Å². The van der Waals surface area contributed by atoms with Gasteiger partial charge in [-0.3, -0.25) is 4.79 Å². The van der Waals surface area contributed by atoms with Crippen LogP contribution in [-0.2, 0) is 4.79 Å². The van der Waals surface area contributed by atoms with Crippen molar-refractivity contribution in [1.29, 1.82) is 5.26 Å². The van der Waals surface area contributed by atoms with Crippen molar-refractivity contribution in [3.8, 4) is 6.07 Å². The molecule has 0 spiro atoms. The van der Waals surface area contributed by atoms with Gasteiger partial charge in [0, 0.05) is 0 Å². The number of benzene rings is 1. The summed E-state index contributed by atoms with van der Waals surface area (Å²) in [7, 11) is 0. The van der Waals surface area contributed by atoms with Crippen molar-refractivity contribution in [1.82, 2.24) is 0 Å². The Morgan fingerprint density at radius 1 is 1.31 bits per heavy atom. The summed E-state index contributed by atoms with van der Waals surface area (Å²) in [6.45, 7) is 0. The molecule has 0 saturated heterocycles. The van der Waals surface area contributed by atoms with Gasteiger partial charge in [0.1, 0.15) is 0 Å². The van der Waals surface area contributed by atoms with Crippen LogP contribution in [0.5, 0.6) is 0 Å². The highest BCUT2D eigenvalue weighted by molar-refractivity contribution is 5.97. The molecule has 0 aliphatic rings. The Kier molecular flexibility index (Phi) is 3.46. The molecule has 1 aromatic carbocycles. The number of hydrogen-bond donors (Lipinski definition) is 0. The molecular formula is C11H6F3NO. The molecule has 0 unspecified atom stereocenters. The van der Waals surface area contributed by atoms with Crippen LogP contribution in [0.15, 0.2) is 30.3 Å². The molecule has 0 heterocycles. The summed E-state index contributed by atoms with van der Waals surface area (Å²) in [6.07, 6.45) is -3.48. The number of allylic oxidation sites excluding steroid dienone is 1. The Balaban J connectivity index is 2.94.